The smallest absolute Gasteiger partial charge is 0.418 e. The second-order valence-corrected chi connectivity index (χ2v) is 8.66. The van der Waals surface area contributed by atoms with E-state index in [1.807, 2.05) is 0 Å². The highest BCUT2D eigenvalue weighted by molar-refractivity contribution is 5.95. The van der Waals surface area contributed by atoms with Crippen molar-refractivity contribution in [1.82, 2.24) is 4.98 Å². The van der Waals surface area contributed by atoms with Gasteiger partial charge >= 0.3 is 12.1 Å². The van der Waals surface area contributed by atoms with Gasteiger partial charge in [0.15, 0.2) is 5.60 Å². The maximum Gasteiger partial charge on any atom is 0.418 e. The molecule has 4 N–H and O–H groups in total. The van der Waals surface area contributed by atoms with Crippen molar-refractivity contribution in [2.45, 2.75) is 37.5 Å². The minimum Gasteiger partial charge on any atom is -0.680 e. The number of benzene rings is 2. The molecule has 11 heteroatoms. The highest BCUT2D eigenvalue weighted by Gasteiger charge is 2.56. The number of anilines is 1. The maximum atomic E-state index is 14.1. The summed E-state index contributed by atoms with van der Waals surface area (Å²) in [6.07, 6.45) is -5.81. The summed E-state index contributed by atoms with van der Waals surface area (Å²) in [5.74, 6) is -1.67. The summed E-state index contributed by atoms with van der Waals surface area (Å²) in [5.41, 5.74) is 1.73. The standard InChI is InChI=1S/C24H24F4N2O4.CH4N/c1-22(2,16-11-14(25)7-10-20(16)34-3)12-23(33,24(26,27)28)13-29-17-5-4-6-18-15(17)8-9-19(30-18)21(31)32;1-2/h4-11,29,33H,12-13H2,1-3H3,(H,31,32);2H,1H3/q;-1. The fourth-order valence-electron chi connectivity index (χ4n) is 3.97. The quantitative estimate of drug-likeness (QED) is 0.329. The van der Waals surface area contributed by atoms with Crippen LogP contribution in [0.15, 0.2) is 48.5 Å². The van der Waals surface area contributed by atoms with E-state index in [-0.39, 0.29) is 28.2 Å². The van der Waals surface area contributed by atoms with E-state index in [4.69, 9.17) is 15.6 Å². The molecule has 1 unspecified atom stereocenters. The molecule has 0 aliphatic carbocycles. The Hall–Kier alpha value is -3.44. The summed E-state index contributed by atoms with van der Waals surface area (Å²) < 4.78 is 61.4. The first-order valence-corrected chi connectivity index (χ1v) is 10.8. The number of nitrogens with zero attached hydrogens (tertiary/aromatic N) is 1. The molecular weight excluding hydrogens is 482 g/mol. The van der Waals surface area contributed by atoms with Crippen LogP contribution >= 0.6 is 0 Å². The molecule has 0 radical (unpaired) electrons. The van der Waals surface area contributed by atoms with Crippen molar-refractivity contribution in [2.75, 3.05) is 26.0 Å². The van der Waals surface area contributed by atoms with Crippen LogP contribution in [0.4, 0.5) is 23.2 Å². The number of carboxylic acids is 1. The van der Waals surface area contributed by atoms with Crippen LogP contribution in [0.5, 0.6) is 5.75 Å². The number of aromatic nitrogens is 1. The van der Waals surface area contributed by atoms with E-state index in [1.54, 1.807) is 0 Å². The fourth-order valence-corrected chi connectivity index (χ4v) is 3.97. The van der Waals surface area contributed by atoms with Gasteiger partial charge in [-0.05, 0) is 54.3 Å². The predicted molar refractivity (Wildman–Crippen MR) is 129 cm³/mol. The van der Waals surface area contributed by atoms with Crippen molar-refractivity contribution in [3.63, 3.8) is 0 Å². The lowest BCUT2D eigenvalue weighted by atomic mass is 9.74. The third kappa shape index (κ3) is 6.21. The SMILES string of the molecule is COc1ccc(F)cc1C(C)(C)CC(O)(CNc1cccc2nc(C(=O)O)ccc12)C(F)(F)F.C[NH-]. The first kappa shape index (κ1) is 28.8. The molecule has 1 aromatic heterocycles. The highest BCUT2D eigenvalue weighted by Crippen LogP contribution is 2.44. The molecule has 3 aromatic rings. The number of carboxylic acid groups (broad SMARTS) is 1. The largest absolute Gasteiger partial charge is 0.680 e. The Balaban J connectivity index is 0.00000222. The van der Waals surface area contributed by atoms with Crippen LogP contribution in [-0.2, 0) is 5.41 Å². The molecule has 0 aliphatic rings. The molecule has 196 valence electrons. The van der Waals surface area contributed by atoms with E-state index in [1.165, 1.54) is 64.4 Å². The number of nitrogens with one attached hydrogen (secondary N) is 2. The second-order valence-electron chi connectivity index (χ2n) is 8.66. The van der Waals surface area contributed by atoms with E-state index in [2.05, 4.69) is 10.3 Å². The van der Waals surface area contributed by atoms with Crippen LogP contribution in [0.25, 0.3) is 16.6 Å². The van der Waals surface area contributed by atoms with Crippen LogP contribution in [0, 0.1) is 5.82 Å². The normalized spacial score (nSPS) is 13.4. The van der Waals surface area contributed by atoms with Crippen molar-refractivity contribution in [2.24, 2.45) is 0 Å². The third-order valence-electron chi connectivity index (χ3n) is 5.67. The Morgan fingerprint density at radius 3 is 2.36 bits per heavy atom. The summed E-state index contributed by atoms with van der Waals surface area (Å²) in [6, 6.07) is 10.8. The number of methoxy groups -OCH3 is 1. The number of ether oxygens (including phenoxy) is 1. The molecule has 0 amide bonds. The van der Waals surface area contributed by atoms with Crippen molar-refractivity contribution in [1.29, 1.82) is 0 Å². The van der Waals surface area contributed by atoms with Crippen molar-refractivity contribution < 1.29 is 37.3 Å². The van der Waals surface area contributed by atoms with E-state index in [9.17, 15) is 27.5 Å². The van der Waals surface area contributed by atoms with Gasteiger partial charge in [-0.25, -0.2) is 14.2 Å². The fraction of sp³-hybridized carbons (Fsp3) is 0.360. The lowest BCUT2D eigenvalue weighted by Gasteiger charge is -2.38. The van der Waals surface area contributed by atoms with Crippen LogP contribution in [0.1, 0.15) is 36.3 Å². The van der Waals surface area contributed by atoms with Crippen molar-refractivity contribution in [3.8, 4) is 5.75 Å². The summed E-state index contributed by atoms with van der Waals surface area (Å²) in [5, 5.41) is 22.9. The Kier molecular flexibility index (Phi) is 8.87. The van der Waals surface area contributed by atoms with Crippen LogP contribution in [0.3, 0.4) is 0 Å². The Bertz CT molecular complexity index is 1220. The Morgan fingerprint density at radius 1 is 1.11 bits per heavy atom. The topological polar surface area (TPSA) is 115 Å². The average molecular weight is 511 g/mol. The van der Waals surface area contributed by atoms with E-state index >= 15 is 0 Å². The predicted octanol–water partition coefficient (Wildman–Crippen LogP) is 5.82. The molecule has 3 rings (SSSR count). The number of fused-ring (bicyclic) bond motifs is 1. The Labute approximate surface area is 205 Å². The average Bonchev–Trinajstić information content (AvgIpc) is 2.82. The molecule has 2 aromatic carbocycles. The lowest BCUT2D eigenvalue weighted by molar-refractivity contribution is -0.260. The van der Waals surface area contributed by atoms with Gasteiger partial charge in [0, 0.05) is 16.6 Å². The van der Waals surface area contributed by atoms with Gasteiger partial charge in [-0.3, -0.25) is 0 Å². The summed E-state index contributed by atoms with van der Waals surface area (Å²) in [4.78, 5) is 15.1. The number of carbonyl (C=O) groups is 1. The number of pyridine rings is 1. The van der Waals surface area contributed by atoms with E-state index < -0.39 is 41.9 Å². The third-order valence-corrected chi connectivity index (χ3v) is 5.67. The molecule has 0 spiro atoms. The number of aliphatic hydroxyl groups is 1. The number of halogens is 4. The van der Waals surface area contributed by atoms with Crippen LogP contribution < -0.4 is 10.1 Å². The Morgan fingerprint density at radius 2 is 1.78 bits per heavy atom. The van der Waals surface area contributed by atoms with Gasteiger partial charge < -0.3 is 26.0 Å². The summed E-state index contributed by atoms with van der Waals surface area (Å²) in [6.45, 7) is 2.03. The van der Waals surface area contributed by atoms with Gasteiger partial charge in [0.05, 0.1) is 19.2 Å². The molecule has 7 nitrogen and oxygen atoms in total. The number of alkyl halides is 3. The summed E-state index contributed by atoms with van der Waals surface area (Å²) in [7, 11) is 2.58. The molecular formula is C25H28F4N3O4-. The maximum absolute atomic E-state index is 14.1. The van der Waals surface area contributed by atoms with E-state index in [0.29, 0.717) is 5.39 Å². The summed E-state index contributed by atoms with van der Waals surface area (Å²) >= 11 is 0. The zero-order valence-electron chi connectivity index (χ0n) is 20.2. The number of rotatable bonds is 8. The van der Waals surface area contributed by atoms with Crippen LogP contribution in [-0.4, -0.2) is 53.6 Å². The zero-order chi connectivity index (χ0) is 27.3. The van der Waals surface area contributed by atoms with Crippen molar-refractivity contribution >= 4 is 22.6 Å². The molecule has 0 aliphatic heterocycles. The molecule has 36 heavy (non-hydrogen) atoms. The van der Waals surface area contributed by atoms with Gasteiger partial charge in [0.25, 0.3) is 0 Å². The van der Waals surface area contributed by atoms with Gasteiger partial charge in [-0.1, -0.05) is 19.9 Å². The lowest BCUT2D eigenvalue weighted by Crippen LogP contribution is -2.53. The van der Waals surface area contributed by atoms with Gasteiger partial charge in [0.1, 0.15) is 17.3 Å². The zero-order valence-corrected chi connectivity index (χ0v) is 20.2. The first-order valence-electron chi connectivity index (χ1n) is 10.8. The number of hydrogen-bond acceptors (Lipinski definition) is 5. The molecule has 0 saturated carbocycles. The van der Waals surface area contributed by atoms with Gasteiger partial charge in [-0.15, -0.1) is 0 Å². The monoisotopic (exact) mass is 510 g/mol. The molecule has 0 saturated heterocycles. The highest BCUT2D eigenvalue weighted by atomic mass is 19.4. The minimum absolute atomic E-state index is 0.188. The second kappa shape index (κ2) is 11.1. The van der Waals surface area contributed by atoms with E-state index in [0.717, 1.165) is 12.1 Å². The molecule has 1 atom stereocenters. The van der Waals surface area contributed by atoms with Crippen molar-refractivity contribution in [3.05, 3.63) is 71.3 Å². The van der Waals surface area contributed by atoms with Gasteiger partial charge in [0.2, 0.25) is 0 Å². The molecule has 1 heterocycles. The van der Waals surface area contributed by atoms with Crippen LogP contribution in [0.2, 0.25) is 0 Å². The molecule has 0 fully saturated rings. The number of hydrogen-bond donors (Lipinski definition) is 3. The van der Waals surface area contributed by atoms with Gasteiger partial charge in [-0.2, -0.15) is 20.2 Å². The first-order chi connectivity index (χ1) is 16.8. The molecule has 0 bridgehead atoms. The minimum atomic E-state index is -5.02. The number of aromatic carboxylic acids is 1.